The van der Waals surface area contributed by atoms with E-state index in [9.17, 15) is 13.6 Å². The average Bonchev–Trinajstić information content (AvgIpc) is 3.54. The molecule has 0 radical (unpaired) electrons. The molecule has 1 fully saturated rings. The van der Waals surface area contributed by atoms with E-state index in [1.807, 2.05) is 18.2 Å². The molecule has 30 heavy (non-hydrogen) atoms. The van der Waals surface area contributed by atoms with E-state index in [2.05, 4.69) is 5.10 Å². The molecule has 158 valence electrons. The number of amides is 1. The number of nitrogens with zero attached hydrogens (tertiary/aromatic N) is 2. The number of carbonyl (C=O) groups excluding carboxylic acids is 1. The van der Waals surface area contributed by atoms with Crippen LogP contribution < -0.4 is 11.5 Å². The molecule has 8 heteroatoms. The molecule has 1 heterocycles. The highest BCUT2D eigenvalue weighted by atomic mass is 19.1. The van der Waals surface area contributed by atoms with Crippen LogP contribution in [0.1, 0.15) is 36.8 Å². The predicted molar refractivity (Wildman–Crippen MR) is 108 cm³/mol. The lowest BCUT2D eigenvalue weighted by molar-refractivity contribution is -0.154. The molecule has 0 saturated heterocycles. The summed E-state index contributed by atoms with van der Waals surface area (Å²) in [5.74, 6) is -1.82. The molecule has 0 spiro atoms. The van der Waals surface area contributed by atoms with Crippen molar-refractivity contribution in [1.29, 1.82) is 0 Å². The van der Waals surface area contributed by atoms with E-state index in [0.29, 0.717) is 24.9 Å². The van der Waals surface area contributed by atoms with Gasteiger partial charge in [0.1, 0.15) is 11.6 Å². The fourth-order valence-electron chi connectivity index (χ4n) is 3.71. The van der Waals surface area contributed by atoms with E-state index in [1.165, 1.54) is 5.01 Å². The van der Waals surface area contributed by atoms with Crippen molar-refractivity contribution in [3.8, 4) is 0 Å². The Balaban J connectivity index is 1.82. The van der Waals surface area contributed by atoms with Crippen LogP contribution in [-0.2, 0) is 15.3 Å². The van der Waals surface area contributed by atoms with Crippen LogP contribution in [-0.4, -0.2) is 29.4 Å². The fraction of sp³-hybridized carbons (Fsp3) is 0.364. The lowest BCUT2D eigenvalue weighted by atomic mass is 9.95. The van der Waals surface area contributed by atoms with Crippen molar-refractivity contribution in [1.82, 2.24) is 5.01 Å². The molecule has 1 unspecified atom stereocenters. The zero-order valence-corrected chi connectivity index (χ0v) is 16.4. The second-order valence-electron chi connectivity index (χ2n) is 7.69. The Morgan fingerprint density at radius 2 is 1.97 bits per heavy atom. The number of ether oxygens (including phenoxy) is 1. The maximum absolute atomic E-state index is 14.5. The normalized spacial score (nSPS) is 21.9. The van der Waals surface area contributed by atoms with Crippen LogP contribution in [0.4, 0.5) is 8.78 Å². The first-order chi connectivity index (χ1) is 14.5. The number of carbonyl (C=O) groups is 1. The topological polar surface area (TPSA) is 93.9 Å². The SMILES string of the molecule is NCCCC1(c2ccccc2)OC(c2cc(F)ccc2F)=NN1C(=O)[C@@H](N)C1CC1. The minimum absolute atomic E-state index is 0.0886. The van der Waals surface area contributed by atoms with Gasteiger partial charge in [-0.1, -0.05) is 30.3 Å². The Bertz CT molecular complexity index is 965. The molecule has 6 nitrogen and oxygen atoms in total. The fourth-order valence-corrected chi connectivity index (χ4v) is 3.71. The highest BCUT2D eigenvalue weighted by Gasteiger charge is 2.52. The lowest BCUT2D eigenvalue weighted by Gasteiger charge is -2.36. The molecule has 1 amide bonds. The van der Waals surface area contributed by atoms with Crippen LogP contribution in [0, 0.1) is 17.6 Å². The molecule has 2 aliphatic rings. The molecular weight excluding hydrogens is 390 g/mol. The minimum atomic E-state index is -1.34. The number of hydrazone groups is 1. The van der Waals surface area contributed by atoms with Crippen LogP contribution in [0.15, 0.2) is 53.6 Å². The van der Waals surface area contributed by atoms with Crippen molar-refractivity contribution in [2.75, 3.05) is 6.54 Å². The number of halogens is 2. The van der Waals surface area contributed by atoms with Crippen LogP contribution in [0.5, 0.6) is 0 Å². The summed E-state index contributed by atoms with van der Waals surface area (Å²) in [5, 5.41) is 5.53. The summed E-state index contributed by atoms with van der Waals surface area (Å²) in [4.78, 5) is 13.3. The second-order valence-corrected chi connectivity index (χ2v) is 7.69. The van der Waals surface area contributed by atoms with E-state index >= 15 is 0 Å². The average molecular weight is 414 g/mol. The number of hydrogen-bond acceptors (Lipinski definition) is 5. The van der Waals surface area contributed by atoms with Gasteiger partial charge in [-0.15, -0.1) is 5.10 Å². The predicted octanol–water partition coefficient (Wildman–Crippen LogP) is 2.81. The maximum Gasteiger partial charge on any atom is 0.263 e. The van der Waals surface area contributed by atoms with Crippen molar-refractivity contribution in [3.05, 3.63) is 71.3 Å². The molecule has 1 aliphatic carbocycles. The first-order valence-electron chi connectivity index (χ1n) is 10.0. The summed E-state index contributed by atoms with van der Waals surface area (Å²) < 4.78 is 34.5. The van der Waals surface area contributed by atoms with Gasteiger partial charge in [0.2, 0.25) is 11.6 Å². The van der Waals surface area contributed by atoms with E-state index in [1.54, 1.807) is 12.1 Å². The van der Waals surface area contributed by atoms with Gasteiger partial charge < -0.3 is 16.2 Å². The van der Waals surface area contributed by atoms with Gasteiger partial charge >= 0.3 is 0 Å². The van der Waals surface area contributed by atoms with Gasteiger partial charge in [0.25, 0.3) is 5.91 Å². The summed E-state index contributed by atoms with van der Waals surface area (Å²) in [6.07, 6.45) is 2.59. The molecular formula is C22H24F2N4O2. The van der Waals surface area contributed by atoms with Crippen molar-refractivity contribution in [3.63, 3.8) is 0 Å². The molecule has 1 saturated carbocycles. The van der Waals surface area contributed by atoms with Crippen LogP contribution in [0.25, 0.3) is 0 Å². The smallest absolute Gasteiger partial charge is 0.263 e. The summed E-state index contributed by atoms with van der Waals surface area (Å²) >= 11 is 0. The van der Waals surface area contributed by atoms with Crippen molar-refractivity contribution >= 4 is 11.8 Å². The second kappa shape index (κ2) is 8.12. The summed E-state index contributed by atoms with van der Waals surface area (Å²) in [5.41, 5.74) is 11.1. The van der Waals surface area contributed by atoms with Gasteiger partial charge in [-0.3, -0.25) is 4.79 Å². The Morgan fingerprint density at radius 1 is 1.23 bits per heavy atom. The van der Waals surface area contributed by atoms with Gasteiger partial charge in [-0.25, -0.2) is 8.78 Å². The van der Waals surface area contributed by atoms with E-state index in [4.69, 9.17) is 16.2 Å². The Kier molecular flexibility index (Phi) is 5.53. The minimum Gasteiger partial charge on any atom is -0.443 e. The first kappa shape index (κ1) is 20.4. The maximum atomic E-state index is 14.5. The molecule has 2 aromatic rings. The zero-order valence-electron chi connectivity index (χ0n) is 16.4. The van der Waals surface area contributed by atoms with Crippen LogP contribution >= 0.6 is 0 Å². The van der Waals surface area contributed by atoms with E-state index in [-0.39, 0.29) is 17.4 Å². The van der Waals surface area contributed by atoms with Crippen LogP contribution in [0.3, 0.4) is 0 Å². The first-order valence-corrected chi connectivity index (χ1v) is 10.0. The molecule has 2 aromatic carbocycles. The highest BCUT2D eigenvalue weighted by Crippen LogP contribution is 2.43. The third-order valence-corrected chi connectivity index (χ3v) is 5.53. The Hall–Kier alpha value is -2.84. The monoisotopic (exact) mass is 414 g/mol. The summed E-state index contributed by atoms with van der Waals surface area (Å²) in [6.45, 7) is 0.359. The standard InChI is InChI=1S/C22H24F2N4O2/c23-16-9-10-18(24)17(13-16)20-27-28(21(29)19(26)14-7-8-14)22(30-20,11-4-12-25)15-5-2-1-3-6-15/h1-3,5-6,9-10,13-14,19H,4,7-8,11-12,25-26H2/t19-,22?/m0/s1. The molecule has 0 bridgehead atoms. The Labute approximate surface area is 173 Å². The van der Waals surface area contributed by atoms with Gasteiger partial charge in [0, 0.05) is 12.0 Å². The molecule has 4 N–H and O–H groups in total. The highest BCUT2D eigenvalue weighted by molar-refractivity contribution is 5.97. The molecule has 2 atom stereocenters. The molecule has 0 aromatic heterocycles. The third kappa shape index (κ3) is 3.68. The van der Waals surface area contributed by atoms with Gasteiger partial charge in [0.15, 0.2) is 0 Å². The van der Waals surface area contributed by atoms with Crippen molar-refractivity contribution in [2.24, 2.45) is 22.5 Å². The molecule has 1 aliphatic heterocycles. The third-order valence-electron chi connectivity index (χ3n) is 5.53. The number of hydrogen-bond donors (Lipinski definition) is 2. The lowest BCUT2D eigenvalue weighted by Crippen LogP contribution is -2.51. The van der Waals surface area contributed by atoms with Crippen molar-refractivity contribution in [2.45, 2.75) is 37.5 Å². The van der Waals surface area contributed by atoms with Gasteiger partial charge in [-0.05, 0) is 49.9 Å². The van der Waals surface area contributed by atoms with Crippen molar-refractivity contribution < 1.29 is 18.3 Å². The van der Waals surface area contributed by atoms with E-state index in [0.717, 1.165) is 31.0 Å². The number of nitrogens with two attached hydrogens (primary N) is 2. The van der Waals surface area contributed by atoms with E-state index < -0.39 is 29.3 Å². The zero-order chi connectivity index (χ0) is 21.3. The van der Waals surface area contributed by atoms with Gasteiger partial charge in [-0.2, -0.15) is 5.01 Å². The number of benzene rings is 2. The summed E-state index contributed by atoms with van der Waals surface area (Å²) in [7, 11) is 0. The summed E-state index contributed by atoms with van der Waals surface area (Å²) in [6, 6.07) is 11.3. The largest absolute Gasteiger partial charge is 0.443 e. The number of rotatable bonds is 7. The quantitative estimate of drug-likeness (QED) is 0.729. The van der Waals surface area contributed by atoms with Crippen LogP contribution in [0.2, 0.25) is 0 Å². The molecule has 4 rings (SSSR count). The van der Waals surface area contributed by atoms with Gasteiger partial charge in [0.05, 0.1) is 11.6 Å². The Morgan fingerprint density at radius 3 is 2.63 bits per heavy atom.